The van der Waals surface area contributed by atoms with Crippen molar-refractivity contribution in [1.29, 1.82) is 0 Å². The summed E-state index contributed by atoms with van der Waals surface area (Å²) < 4.78 is 5.59. The van der Waals surface area contributed by atoms with Crippen LogP contribution in [0.3, 0.4) is 0 Å². The minimum absolute atomic E-state index is 0.0416. The van der Waals surface area contributed by atoms with Crippen LogP contribution in [0.25, 0.3) is 0 Å². The van der Waals surface area contributed by atoms with Crippen LogP contribution in [0.5, 0.6) is 5.75 Å². The molecule has 0 saturated carbocycles. The van der Waals surface area contributed by atoms with Crippen LogP contribution in [0.4, 0.5) is 0 Å². The van der Waals surface area contributed by atoms with Crippen molar-refractivity contribution < 1.29 is 14.9 Å². The Kier molecular flexibility index (Phi) is 6.94. The van der Waals surface area contributed by atoms with Crippen LogP contribution in [0.2, 0.25) is 10.0 Å². The Morgan fingerprint density at radius 3 is 2.47 bits per heavy atom. The smallest absolute Gasteiger partial charge is 0.141 e. The first-order chi connectivity index (χ1) is 9.03. The lowest BCUT2D eigenvalue weighted by molar-refractivity contribution is 0.0815. The number of halogens is 2. The number of benzene rings is 1. The molecule has 0 amide bonds. The molecular formula is C14H20Cl2O3. The molecule has 0 aromatic heterocycles. The summed E-state index contributed by atoms with van der Waals surface area (Å²) >= 11 is 12.2. The number of rotatable bonds is 7. The maximum Gasteiger partial charge on any atom is 0.141 e. The summed E-state index contributed by atoms with van der Waals surface area (Å²) in [5.41, 5.74) is 0.884. The van der Waals surface area contributed by atoms with Gasteiger partial charge in [0, 0.05) is 10.6 Å². The maximum atomic E-state index is 9.62. The standard InChI is InChI=1S/C14H20Cl2O3/c1-3-9(5-11(18)8-17)12-6-10(15)7-13(16)14(12)19-4-2/h6-7,9,11,17-18H,3-5,8H2,1-2H3. The third-order valence-corrected chi connectivity index (χ3v) is 3.52. The molecule has 2 unspecified atom stereocenters. The Morgan fingerprint density at radius 1 is 1.26 bits per heavy atom. The van der Waals surface area contributed by atoms with Gasteiger partial charge >= 0.3 is 0 Å². The van der Waals surface area contributed by atoms with Gasteiger partial charge in [0.1, 0.15) is 5.75 Å². The Bertz CT molecular complexity index is 410. The fourth-order valence-corrected chi connectivity index (χ4v) is 2.66. The molecule has 1 aromatic rings. The number of ether oxygens (including phenoxy) is 1. The first kappa shape index (κ1) is 16.6. The van der Waals surface area contributed by atoms with E-state index in [1.54, 1.807) is 6.07 Å². The summed E-state index contributed by atoms with van der Waals surface area (Å²) in [4.78, 5) is 0. The highest BCUT2D eigenvalue weighted by molar-refractivity contribution is 6.35. The highest BCUT2D eigenvalue weighted by Crippen LogP contribution is 2.39. The first-order valence-corrected chi connectivity index (χ1v) is 7.19. The van der Waals surface area contributed by atoms with Crippen LogP contribution in [0.15, 0.2) is 12.1 Å². The topological polar surface area (TPSA) is 49.7 Å². The molecule has 3 nitrogen and oxygen atoms in total. The second-order valence-corrected chi connectivity index (χ2v) is 5.26. The monoisotopic (exact) mass is 306 g/mol. The molecule has 0 radical (unpaired) electrons. The molecule has 5 heteroatoms. The normalized spacial score (nSPS) is 14.2. The maximum absolute atomic E-state index is 9.62. The van der Waals surface area contributed by atoms with Crippen molar-refractivity contribution in [3.63, 3.8) is 0 Å². The van der Waals surface area contributed by atoms with Crippen molar-refractivity contribution in [2.45, 2.75) is 38.7 Å². The molecule has 1 aromatic carbocycles. The summed E-state index contributed by atoms with van der Waals surface area (Å²) in [5, 5.41) is 19.6. The van der Waals surface area contributed by atoms with Crippen LogP contribution in [0.1, 0.15) is 38.2 Å². The lowest BCUT2D eigenvalue weighted by Gasteiger charge is -2.22. The third-order valence-electron chi connectivity index (χ3n) is 3.03. The van der Waals surface area contributed by atoms with Crippen molar-refractivity contribution in [2.24, 2.45) is 0 Å². The van der Waals surface area contributed by atoms with E-state index in [-0.39, 0.29) is 12.5 Å². The Morgan fingerprint density at radius 2 is 1.95 bits per heavy atom. The van der Waals surface area contributed by atoms with Gasteiger partial charge in [-0.3, -0.25) is 0 Å². The first-order valence-electron chi connectivity index (χ1n) is 6.44. The van der Waals surface area contributed by atoms with Gasteiger partial charge in [-0.2, -0.15) is 0 Å². The SMILES string of the molecule is CCOc1c(Cl)cc(Cl)cc1C(CC)CC(O)CO. The Labute approximate surface area is 124 Å². The van der Waals surface area contributed by atoms with Gasteiger partial charge in [0.05, 0.1) is 24.3 Å². The Hall–Kier alpha value is -0.480. The molecule has 0 bridgehead atoms. The lowest BCUT2D eigenvalue weighted by atomic mass is 9.90. The fraction of sp³-hybridized carbons (Fsp3) is 0.571. The van der Waals surface area contributed by atoms with Gasteiger partial charge in [0.2, 0.25) is 0 Å². The zero-order chi connectivity index (χ0) is 14.4. The van der Waals surface area contributed by atoms with E-state index in [1.165, 1.54) is 0 Å². The predicted octanol–water partition coefficient (Wildman–Crippen LogP) is 3.63. The van der Waals surface area contributed by atoms with Gasteiger partial charge in [-0.15, -0.1) is 0 Å². The molecule has 108 valence electrons. The molecule has 2 atom stereocenters. The second-order valence-electron chi connectivity index (χ2n) is 4.42. The van der Waals surface area contributed by atoms with Crippen LogP contribution < -0.4 is 4.74 Å². The van der Waals surface area contributed by atoms with Crippen LogP contribution in [0, 0.1) is 0 Å². The number of hydrogen-bond acceptors (Lipinski definition) is 3. The molecule has 1 rings (SSSR count). The van der Waals surface area contributed by atoms with Crippen LogP contribution >= 0.6 is 23.2 Å². The van der Waals surface area contributed by atoms with Gasteiger partial charge in [-0.1, -0.05) is 30.1 Å². The fourth-order valence-electron chi connectivity index (χ4n) is 2.10. The van der Waals surface area contributed by atoms with Gasteiger partial charge in [0.25, 0.3) is 0 Å². The van der Waals surface area contributed by atoms with Crippen LogP contribution in [-0.4, -0.2) is 29.5 Å². The van der Waals surface area contributed by atoms with E-state index in [0.717, 1.165) is 12.0 Å². The van der Waals surface area contributed by atoms with Gasteiger partial charge in [0.15, 0.2) is 0 Å². The van der Waals surface area contributed by atoms with E-state index >= 15 is 0 Å². The predicted molar refractivity (Wildman–Crippen MR) is 78.4 cm³/mol. The molecule has 0 heterocycles. The molecule has 0 spiro atoms. The van der Waals surface area contributed by atoms with Gasteiger partial charge in [-0.25, -0.2) is 0 Å². The zero-order valence-electron chi connectivity index (χ0n) is 11.2. The minimum Gasteiger partial charge on any atom is -0.492 e. The van der Waals surface area contributed by atoms with Crippen molar-refractivity contribution >= 4 is 23.2 Å². The van der Waals surface area contributed by atoms with E-state index in [2.05, 4.69) is 0 Å². The van der Waals surface area contributed by atoms with E-state index in [0.29, 0.717) is 28.8 Å². The Balaban J connectivity index is 3.13. The lowest BCUT2D eigenvalue weighted by Crippen LogP contribution is -2.17. The molecule has 0 aliphatic heterocycles. The van der Waals surface area contributed by atoms with Crippen LogP contribution in [-0.2, 0) is 0 Å². The summed E-state index contributed by atoms with van der Waals surface area (Å²) in [7, 11) is 0. The van der Waals surface area contributed by atoms with E-state index in [9.17, 15) is 5.11 Å². The van der Waals surface area contributed by atoms with Crippen molar-refractivity contribution in [3.05, 3.63) is 27.7 Å². The van der Waals surface area contributed by atoms with Gasteiger partial charge in [-0.05, 0) is 37.8 Å². The average molecular weight is 307 g/mol. The average Bonchev–Trinajstić information content (AvgIpc) is 2.38. The molecule has 2 N–H and O–H groups in total. The molecule has 19 heavy (non-hydrogen) atoms. The summed E-state index contributed by atoms with van der Waals surface area (Å²) in [6, 6.07) is 3.46. The molecule has 0 aliphatic rings. The largest absolute Gasteiger partial charge is 0.492 e. The zero-order valence-corrected chi connectivity index (χ0v) is 12.7. The third kappa shape index (κ3) is 4.53. The number of aliphatic hydroxyl groups excluding tert-OH is 2. The highest BCUT2D eigenvalue weighted by atomic mass is 35.5. The van der Waals surface area contributed by atoms with Crippen molar-refractivity contribution in [2.75, 3.05) is 13.2 Å². The van der Waals surface area contributed by atoms with E-state index in [4.69, 9.17) is 33.0 Å². The van der Waals surface area contributed by atoms with E-state index < -0.39 is 6.10 Å². The number of aliphatic hydroxyl groups is 2. The van der Waals surface area contributed by atoms with Crippen molar-refractivity contribution in [3.8, 4) is 5.75 Å². The van der Waals surface area contributed by atoms with Crippen molar-refractivity contribution in [1.82, 2.24) is 0 Å². The van der Waals surface area contributed by atoms with Gasteiger partial charge < -0.3 is 14.9 Å². The molecular weight excluding hydrogens is 287 g/mol. The molecule has 0 saturated heterocycles. The minimum atomic E-state index is -0.753. The highest BCUT2D eigenvalue weighted by Gasteiger charge is 2.21. The number of hydrogen-bond donors (Lipinski definition) is 2. The summed E-state index contributed by atoms with van der Waals surface area (Å²) in [5.74, 6) is 0.658. The second kappa shape index (κ2) is 7.95. The summed E-state index contributed by atoms with van der Waals surface area (Å²) in [6.07, 6.45) is 0.495. The summed E-state index contributed by atoms with van der Waals surface area (Å²) in [6.45, 7) is 4.15. The quantitative estimate of drug-likeness (QED) is 0.809. The van der Waals surface area contributed by atoms with E-state index in [1.807, 2.05) is 19.9 Å². The molecule has 0 aliphatic carbocycles. The molecule has 0 fully saturated rings.